The zero-order chi connectivity index (χ0) is 13.9. The molecule has 0 aliphatic rings. The summed E-state index contributed by atoms with van der Waals surface area (Å²) in [4.78, 5) is 10.5. The van der Waals surface area contributed by atoms with Crippen LogP contribution in [0, 0.1) is 12.7 Å². The summed E-state index contributed by atoms with van der Waals surface area (Å²) in [5.74, 6) is -1.01. The van der Waals surface area contributed by atoms with Gasteiger partial charge in [0.25, 0.3) is 0 Å². The van der Waals surface area contributed by atoms with Crippen molar-refractivity contribution in [1.82, 2.24) is 0 Å². The minimum absolute atomic E-state index is 0.0228. The molecule has 0 saturated carbocycles. The highest BCUT2D eigenvalue weighted by atomic mass is 19.1. The maximum Gasteiger partial charge on any atom is 0.303 e. The van der Waals surface area contributed by atoms with Crippen molar-refractivity contribution in [2.45, 2.75) is 45.6 Å². The molecule has 4 heteroatoms. The van der Waals surface area contributed by atoms with Gasteiger partial charge in [-0.05, 0) is 42.0 Å². The van der Waals surface area contributed by atoms with E-state index in [0.717, 1.165) is 11.1 Å². The minimum atomic E-state index is -0.866. The molecule has 0 saturated heterocycles. The van der Waals surface area contributed by atoms with E-state index in [2.05, 4.69) is 0 Å². The van der Waals surface area contributed by atoms with Gasteiger partial charge in [-0.3, -0.25) is 4.79 Å². The van der Waals surface area contributed by atoms with Crippen molar-refractivity contribution in [3.8, 4) is 0 Å². The molecule has 100 valence electrons. The SMILES string of the molecule is Cc1cc(F)c(C(C)C)cc1C(N)CCC(=O)O. The Morgan fingerprint density at radius 1 is 1.39 bits per heavy atom. The van der Waals surface area contributed by atoms with Gasteiger partial charge in [-0.25, -0.2) is 4.39 Å². The zero-order valence-electron chi connectivity index (χ0n) is 11.0. The third-order valence-electron chi connectivity index (χ3n) is 3.08. The molecule has 0 heterocycles. The first kappa shape index (κ1) is 14.6. The van der Waals surface area contributed by atoms with Crippen LogP contribution in [0.3, 0.4) is 0 Å². The van der Waals surface area contributed by atoms with E-state index in [1.807, 2.05) is 13.8 Å². The Labute approximate surface area is 107 Å². The summed E-state index contributed by atoms with van der Waals surface area (Å²) in [5, 5.41) is 8.65. The molecule has 0 aliphatic carbocycles. The molecule has 0 bridgehead atoms. The number of carboxylic acid groups (broad SMARTS) is 1. The summed E-state index contributed by atoms with van der Waals surface area (Å²) in [6, 6.07) is 2.88. The summed E-state index contributed by atoms with van der Waals surface area (Å²) in [5.41, 5.74) is 8.21. The molecule has 1 unspecified atom stereocenters. The Hall–Kier alpha value is -1.42. The second kappa shape index (κ2) is 5.96. The number of nitrogens with two attached hydrogens (primary N) is 1. The summed E-state index contributed by atoms with van der Waals surface area (Å²) < 4.78 is 13.7. The molecule has 1 aromatic rings. The largest absolute Gasteiger partial charge is 0.481 e. The molecule has 3 N–H and O–H groups in total. The topological polar surface area (TPSA) is 63.3 Å². The van der Waals surface area contributed by atoms with Gasteiger partial charge in [-0.1, -0.05) is 19.9 Å². The van der Waals surface area contributed by atoms with Gasteiger partial charge in [0.2, 0.25) is 0 Å². The number of carbonyl (C=O) groups is 1. The molecule has 1 rings (SSSR count). The molecule has 0 fully saturated rings. The van der Waals surface area contributed by atoms with E-state index < -0.39 is 5.97 Å². The number of rotatable bonds is 5. The smallest absolute Gasteiger partial charge is 0.303 e. The second-order valence-corrected chi connectivity index (χ2v) is 4.92. The van der Waals surface area contributed by atoms with Crippen LogP contribution in [-0.2, 0) is 4.79 Å². The fourth-order valence-corrected chi connectivity index (χ4v) is 1.98. The molecule has 0 aromatic heterocycles. The lowest BCUT2D eigenvalue weighted by molar-refractivity contribution is -0.137. The van der Waals surface area contributed by atoms with Crippen LogP contribution < -0.4 is 5.73 Å². The summed E-state index contributed by atoms with van der Waals surface area (Å²) in [6.07, 6.45) is 0.383. The standard InChI is InChI=1S/C14H20FNO2/c1-8(2)10-7-11(9(3)6-12(10)15)13(16)4-5-14(17)18/h6-8,13H,4-5,16H2,1-3H3,(H,17,18). The summed E-state index contributed by atoms with van der Waals surface area (Å²) >= 11 is 0. The number of aliphatic carboxylic acids is 1. The normalized spacial score (nSPS) is 12.8. The van der Waals surface area contributed by atoms with Crippen LogP contribution in [-0.4, -0.2) is 11.1 Å². The third kappa shape index (κ3) is 3.53. The monoisotopic (exact) mass is 253 g/mol. The van der Waals surface area contributed by atoms with Gasteiger partial charge in [0.15, 0.2) is 0 Å². The molecule has 1 aromatic carbocycles. The Balaban J connectivity index is 3.00. The van der Waals surface area contributed by atoms with Crippen molar-refractivity contribution >= 4 is 5.97 Å². The van der Waals surface area contributed by atoms with E-state index in [9.17, 15) is 9.18 Å². The molecular weight excluding hydrogens is 233 g/mol. The molecular formula is C14H20FNO2. The highest BCUT2D eigenvalue weighted by Gasteiger charge is 2.15. The number of halogens is 1. The fraction of sp³-hybridized carbons (Fsp3) is 0.500. The molecule has 0 aliphatic heterocycles. The van der Waals surface area contributed by atoms with Crippen molar-refractivity contribution in [2.75, 3.05) is 0 Å². The van der Waals surface area contributed by atoms with Crippen LogP contribution in [0.4, 0.5) is 4.39 Å². The van der Waals surface area contributed by atoms with E-state index in [-0.39, 0.29) is 24.2 Å². The van der Waals surface area contributed by atoms with Gasteiger partial charge in [0.05, 0.1) is 0 Å². The number of aryl methyl sites for hydroxylation is 1. The van der Waals surface area contributed by atoms with Crippen LogP contribution in [0.1, 0.15) is 55.3 Å². The lowest BCUT2D eigenvalue weighted by Gasteiger charge is -2.17. The summed E-state index contributed by atoms with van der Waals surface area (Å²) in [6.45, 7) is 5.63. The predicted octanol–water partition coefficient (Wildman–Crippen LogP) is 3.12. The van der Waals surface area contributed by atoms with E-state index in [1.165, 1.54) is 6.07 Å². The van der Waals surface area contributed by atoms with Crippen LogP contribution in [0.5, 0.6) is 0 Å². The highest BCUT2D eigenvalue weighted by Crippen LogP contribution is 2.27. The first-order valence-electron chi connectivity index (χ1n) is 6.10. The Bertz CT molecular complexity index is 444. The lowest BCUT2D eigenvalue weighted by atomic mass is 9.92. The Kier molecular flexibility index (Phi) is 4.84. The fourth-order valence-electron chi connectivity index (χ4n) is 1.98. The van der Waals surface area contributed by atoms with Crippen molar-refractivity contribution in [2.24, 2.45) is 5.73 Å². The highest BCUT2D eigenvalue weighted by molar-refractivity contribution is 5.66. The van der Waals surface area contributed by atoms with Crippen molar-refractivity contribution in [3.63, 3.8) is 0 Å². The Morgan fingerprint density at radius 2 is 2.00 bits per heavy atom. The minimum Gasteiger partial charge on any atom is -0.481 e. The van der Waals surface area contributed by atoms with Gasteiger partial charge in [-0.2, -0.15) is 0 Å². The average molecular weight is 253 g/mol. The van der Waals surface area contributed by atoms with Gasteiger partial charge in [0, 0.05) is 12.5 Å². The van der Waals surface area contributed by atoms with Crippen molar-refractivity contribution in [3.05, 3.63) is 34.6 Å². The van der Waals surface area contributed by atoms with Crippen LogP contribution in [0.25, 0.3) is 0 Å². The Morgan fingerprint density at radius 3 is 2.50 bits per heavy atom. The number of hydrogen-bond acceptors (Lipinski definition) is 2. The molecule has 18 heavy (non-hydrogen) atoms. The van der Waals surface area contributed by atoms with Crippen molar-refractivity contribution < 1.29 is 14.3 Å². The zero-order valence-corrected chi connectivity index (χ0v) is 11.0. The predicted molar refractivity (Wildman–Crippen MR) is 69.0 cm³/mol. The second-order valence-electron chi connectivity index (χ2n) is 4.92. The quantitative estimate of drug-likeness (QED) is 0.847. The average Bonchev–Trinajstić information content (AvgIpc) is 2.25. The number of carboxylic acids is 1. The van der Waals surface area contributed by atoms with Gasteiger partial charge in [0.1, 0.15) is 5.82 Å². The van der Waals surface area contributed by atoms with Crippen LogP contribution in [0.2, 0.25) is 0 Å². The van der Waals surface area contributed by atoms with Gasteiger partial charge in [-0.15, -0.1) is 0 Å². The summed E-state index contributed by atoms with van der Waals surface area (Å²) in [7, 11) is 0. The number of hydrogen-bond donors (Lipinski definition) is 2. The van der Waals surface area contributed by atoms with E-state index in [4.69, 9.17) is 10.8 Å². The van der Waals surface area contributed by atoms with Gasteiger partial charge >= 0.3 is 5.97 Å². The molecule has 3 nitrogen and oxygen atoms in total. The first-order valence-corrected chi connectivity index (χ1v) is 6.10. The maximum absolute atomic E-state index is 13.7. The van der Waals surface area contributed by atoms with E-state index >= 15 is 0 Å². The van der Waals surface area contributed by atoms with Crippen molar-refractivity contribution in [1.29, 1.82) is 0 Å². The first-order chi connectivity index (χ1) is 8.32. The lowest BCUT2D eigenvalue weighted by Crippen LogP contribution is -2.14. The van der Waals surface area contributed by atoms with Crippen LogP contribution >= 0.6 is 0 Å². The molecule has 0 radical (unpaired) electrons. The van der Waals surface area contributed by atoms with E-state index in [1.54, 1.807) is 13.0 Å². The molecule has 0 spiro atoms. The van der Waals surface area contributed by atoms with E-state index in [0.29, 0.717) is 12.0 Å². The maximum atomic E-state index is 13.7. The van der Waals surface area contributed by atoms with Crippen LogP contribution in [0.15, 0.2) is 12.1 Å². The van der Waals surface area contributed by atoms with Gasteiger partial charge < -0.3 is 10.8 Å². The molecule has 1 atom stereocenters. The third-order valence-corrected chi connectivity index (χ3v) is 3.08. The number of benzene rings is 1. The molecule has 0 amide bonds.